The second-order valence-electron chi connectivity index (χ2n) is 10.1. The zero-order valence-corrected chi connectivity index (χ0v) is 20.0. The predicted octanol–water partition coefficient (Wildman–Crippen LogP) is 2.86. The van der Waals surface area contributed by atoms with Crippen molar-refractivity contribution in [3.8, 4) is 5.82 Å². The summed E-state index contributed by atoms with van der Waals surface area (Å²) in [6.45, 7) is 9.90. The van der Waals surface area contributed by atoms with Crippen molar-refractivity contribution in [1.29, 1.82) is 0 Å². The minimum atomic E-state index is -0.538. The molecule has 0 aromatic carbocycles. The highest BCUT2D eigenvalue weighted by atomic mass is 19.1. The minimum Gasteiger partial charge on any atom is -0.444 e. The summed E-state index contributed by atoms with van der Waals surface area (Å²) in [7, 11) is 0. The number of hydrogen-bond acceptors (Lipinski definition) is 7. The highest BCUT2D eigenvalue weighted by molar-refractivity contribution is 5.68. The van der Waals surface area contributed by atoms with Crippen LogP contribution in [0.2, 0.25) is 0 Å². The highest BCUT2D eigenvalue weighted by Gasteiger charge is 2.42. The van der Waals surface area contributed by atoms with Crippen LogP contribution in [0.5, 0.6) is 0 Å². The molecule has 2 aromatic rings. The largest absolute Gasteiger partial charge is 0.444 e. The lowest BCUT2D eigenvalue weighted by Gasteiger charge is -2.50. The van der Waals surface area contributed by atoms with Crippen molar-refractivity contribution < 1.29 is 18.7 Å². The molecule has 1 atom stereocenters. The number of piperazine rings is 1. The van der Waals surface area contributed by atoms with Crippen LogP contribution >= 0.6 is 0 Å². The fourth-order valence-corrected chi connectivity index (χ4v) is 4.52. The number of likely N-dealkylation sites (tertiary alicyclic amines) is 1. The second kappa shape index (κ2) is 9.19. The number of nitrogens with one attached hydrogen (secondary N) is 1. The Morgan fingerprint density at radius 2 is 2.00 bits per heavy atom. The van der Waals surface area contributed by atoms with Gasteiger partial charge in [0.1, 0.15) is 17.2 Å². The number of pyridine rings is 1. The summed E-state index contributed by atoms with van der Waals surface area (Å²) in [6, 6.07) is 3.73. The quantitative estimate of drug-likeness (QED) is 0.690. The average Bonchev–Trinajstić information content (AvgIpc) is 3.24. The first kappa shape index (κ1) is 23.9. The Morgan fingerprint density at radius 1 is 1.26 bits per heavy atom. The molecule has 2 fully saturated rings. The topological polar surface area (TPSA) is 92.6 Å². The number of halogens is 1. The van der Waals surface area contributed by atoms with Crippen molar-refractivity contribution >= 4 is 12.0 Å². The van der Waals surface area contributed by atoms with Gasteiger partial charge in [-0.2, -0.15) is 5.10 Å². The Bertz CT molecular complexity index is 1080. The summed E-state index contributed by atoms with van der Waals surface area (Å²) in [4.78, 5) is 32.5. The van der Waals surface area contributed by atoms with Crippen molar-refractivity contribution in [3.63, 3.8) is 0 Å². The summed E-state index contributed by atoms with van der Waals surface area (Å²) in [5.41, 5.74) is 0.632. The molecule has 0 saturated carbocycles. The third kappa shape index (κ3) is 5.29. The SMILES string of the molecule is CC(c1ccc(-n2cc(F)cn2)nc1)N1CC(=C=O)NC2(CCN(C(=O)OC(C)(C)C)CC2)C1. The molecule has 1 amide bonds. The lowest BCUT2D eigenvalue weighted by atomic mass is 9.84. The van der Waals surface area contributed by atoms with Gasteiger partial charge in [0, 0.05) is 38.4 Å². The van der Waals surface area contributed by atoms with Crippen molar-refractivity contribution in [2.75, 3.05) is 26.2 Å². The number of hydrogen-bond donors (Lipinski definition) is 1. The number of rotatable bonds is 3. The zero-order valence-electron chi connectivity index (χ0n) is 20.0. The van der Waals surface area contributed by atoms with Gasteiger partial charge in [-0.05, 0) is 52.2 Å². The van der Waals surface area contributed by atoms with E-state index < -0.39 is 11.4 Å². The molecule has 10 heteroatoms. The zero-order chi connectivity index (χ0) is 24.5. The fraction of sp³-hybridized carbons (Fsp3) is 0.542. The lowest BCUT2D eigenvalue weighted by Crippen LogP contribution is -2.64. The van der Waals surface area contributed by atoms with Crippen LogP contribution in [-0.2, 0) is 9.53 Å². The number of aromatic nitrogens is 3. The molecule has 2 saturated heterocycles. The molecule has 0 aliphatic carbocycles. The van der Waals surface area contributed by atoms with Crippen LogP contribution in [0.25, 0.3) is 5.82 Å². The van der Waals surface area contributed by atoms with Crippen LogP contribution in [0, 0.1) is 5.82 Å². The van der Waals surface area contributed by atoms with E-state index in [1.165, 1.54) is 10.9 Å². The highest BCUT2D eigenvalue weighted by Crippen LogP contribution is 2.32. The Labute approximate surface area is 198 Å². The van der Waals surface area contributed by atoms with Crippen LogP contribution in [0.3, 0.4) is 0 Å². The minimum absolute atomic E-state index is 0.0119. The fourth-order valence-electron chi connectivity index (χ4n) is 4.52. The van der Waals surface area contributed by atoms with E-state index in [0.29, 0.717) is 50.5 Å². The molecular weight excluding hydrogens is 439 g/mol. The van der Waals surface area contributed by atoms with E-state index in [-0.39, 0.29) is 17.7 Å². The molecule has 1 N–H and O–H groups in total. The Morgan fingerprint density at radius 3 is 2.56 bits per heavy atom. The number of piperidine rings is 1. The summed E-state index contributed by atoms with van der Waals surface area (Å²) < 4.78 is 20.2. The van der Waals surface area contributed by atoms with Crippen molar-refractivity contribution in [1.82, 2.24) is 29.9 Å². The summed E-state index contributed by atoms with van der Waals surface area (Å²) >= 11 is 0. The first-order chi connectivity index (χ1) is 16.1. The smallest absolute Gasteiger partial charge is 0.410 e. The molecule has 4 heterocycles. The molecule has 0 radical (unpaired) electrons. The molecule has 1 unspecified atom stereocenters. The van der Waals surface area contributed by atoms with E-state index in [1.807, 2.05) is 26.8 Å². The van der Waals surface area contributed by atoms with E-state index in [9.17, 15) is 14.0 Å². The Balaban J connectivity index is 1.45. The third-order valence-corrected chi connectivity index (χ3v) is 6.37. The molecular formula is C24H31FN6O3. The van der Waals surface area contributed by atoms with Gasteiger partial charge in [-0.3, -0.25) is 4.90 Å². The molecule has 9 nitrogen and oxygen atoms in total. The van der Waals surface area contributed by atoms with Gasteiger partial charge in [-0.25, -0.2) is 23.6 Å². The normalized spacial score (nSPS) is 19.4. The number of amides is 1. The van der Waals surface area contributed by atoms with Crippen LogP contribution in [0.4, 0.5) is 9.18 Å². The summed E-state index contributed by atoms with van der Waals surface area (Å²) in [6.07, 6.45) is 5.25. The van der Waals surface area contributed by atoms with Gasteiger partial charge >= 0.3 is 6.09 Å². The van der Waals surface area contributed by atoms with Gasteiger partial charge in [0.15, 0.2) is 11.6 Å². The molecule has 2 aromatic heterocycles. The van der Waals surface area contributed by atoms with Crippen molar-refractivity contribution in [3.05, 3.63) is 47.8 Å². The Hall–Kier alpha value is -3.23. The molecule has 182 valence electrons. The molecule has 2 aliphatic heterocycles. The maximum absolute atomic E-state index is 13.3. The van der Waals surface area contributed by atoms with Crippen LogP contribution in [0.1, 0.15) is 52.1 Å². The van der Waals surface area contributed by atoms with E-state index in [0.717, 1.165) is 11.8 Å². The van der Waals surface area contributed by atoms with Gasteiger partial charge in [-0.15, -0.1) is 0 Å². The van der Waals surface area contributed by atoms with E-state index in [4.69, 9.17) is 4.74 Å². The average molecular weight is 471 g/mol. The van der Waals surface area contributed by atoms with Gasteiger partial charge in [0.05, 0.1) is 17.9 Å². The standard InChI is InChI=1S/C24H31FN6O3/c1-17(18-5-6-21(26-11-18)31-13-19(25)12-27-31)30-14-20(15-32)28-24(16-30)7-9-29(10-8-24)22(33)34-23(2,3)4/h5-6,11-13,17,28H,7-10,14,16H2,1-4H3. The molecule has 34 heavy (non-hydrogen) atoms. The van der Waals surface area contributed by atoms with Gasteiger partial charge in [-0.1, -0.05) is 6.07 Å². The van der Waals surface area contributed by atoms with E-state index in [1.54, 1.807) is 17.2 Å². The first-order valence-corrected chi connectivity index (χ1v) is 11.5. The lowest BCUT2D eigenvalue weighted by molar-refractivity contribution is 0.00824. The van der Waals surface area contributed by atoms with Gasteiger partial charge < -0.3 is 15.0 Å². The molecule has 0 bridgehead atoms. The number of carbonyl (C=O) groups is 1. The monoisotopic (exact) mass is 470 g/mol. The van der Waals surface area contributed by atoms with Crippen molar-refractivity contribution in [2.24, 2.45) is 0 Å². The first-order valence-electron chi connectivity index (χ1n) is 11.5. The summed E-state index contributed by atoms with van der Waals surface area (Å²) in [5, 5.41) is 7.35. The maximum Gasteiger partial charge on any atom is 0.410 e. The summed E-state index contributed by atoms with van der Waals surface area (Å²) in [5.74, 6) is 2.16. The van der Waals surface area contributed by atoms with E-state index >= 15 is 0 Å². The molecule has 2 aliphatic rings. The Kier molecular flexibility index (Phi) is 6.47. The van der Waals surface area contributed by atoms with Gasteiger partial charge in [0.25, 0.3) is 0 Å². The van der Waals surface area contributed by atoms with Gasteiger partial charge in [0.2, 0.25) is 0 Å². The van der Waals surface area contributed by atoms with Crippen LogP contribution in [0.15, 0.2) is 36.4 Å². The van der Waals surface area contributed by atoms with Crippen LogP contribution < -0.4 is 5.32 Å². The molecule has 1 spiro atoms. The number of carbonyl (C=O) groups excluding carboxylic acids is 2. The second-order valence-corrected chi connectivity index (χ2v) is 10.1. The number of ether oxygens (including phenoxy) is 1. The number of nitrogens with zero attached hydrogens (tertiary/aromatic N) is 5. The van der Waals surface area contributed by atoms with Crippen LogP contribution in [-0.4, -0.2) is 73.9 Å². The molecule has 4 rings (SSSR count). The maximum atomic E-state index is 13.3. The predicted molar refractivity (Wildman–Crippen MR) is 123 cm³/mol. The van der Waals surface area contributed by atoms with E-state index in [2.05, 4.69) is 33.2 Å². The van der Waals surface area contributed by atoms with Crippen molar-refractivity contribution in [2.45, 2.75) is 57.7 Å². The third-order valence-electron chi connectivity index (χ3n) is 6.37.